The molecule has 0 atom stereocenters. The van der Waals surface area contributed by atoms with E-state index >= 15 is 0 Å². The molecule has 0 bridgehead atoms. The first-order valence-corrected chi connectivity index (χ1v) is 4.92. The van der Waals surface area contributed by atoms with Crippen molar-refractivity contribution in [2.75, 3.05) is 6.61 Å². The molecule has 78 valence electrons. The summed E-state index contributed by atoms with van der Waals surface area (Å²) in [5.74, 6) is 0.0308. The number of phenols is 1. The molecule has 0 amide bonds. The molecule has 1 rings (SSSR count). The maximum absolute atomic E-state index is 9.54. The van der Waals surface area contributed by atoms with E-state index in [0.29, 0.717) is 23.7 Å². The van der Waals surface area contributed by atoms with E-state index < -0.39 is 0 Å². The third kappa shape index (κ3) is 3.03. The SMILES string of the molecule is CCONCc1cc(Cl)cc(Cl)c1O. The Morgan fingerprint density at radius 2 is 2.14 bits per heavy atom. The molecule has 2 N–H and O–H groups in total. The molecular weight excluding hydrogens is 225 g/mol. The summed E-state index contributed by atoms with van der Waals surface area (Å²) in [7, 11) is 0. The second-order valence-electron chi connectivity index (χ2n) is 2.65. The molecule has 0 aliphatic rings. The van der Waals surface area contributed by atoms with Gasteiger partial charge in [-0.15, -0.1) is 0 Å². The quantitative estimate of drug-likeness (QED) is 0.623. The van der Waals surface area contributed by atoms with Crippen LogP contribution in [0.25, 0.3) is 0 Å². The van der Waals surface area contributed by atoms with Crippen molar-refractivity contribution in [2.24, 2.45) is 0 Å². The number of rotatable bonds is 4. The number of benzene rings is 1. The minimum atomic E-state index is 0.0308. The van der Waals surface area contributed by atoms with E-state index in [4.69, 9.17) is 28.0 Å². The molecule has 0 spiro atoms. The predicted octanol–water partition coefficient (Wildman–Crippen LogP) is 2.74. The largest absolute Gasteiger partial charge is 0.506 e. The molecule has 0 saturated carbocycles. The first kappa shape index (κ1) is 11.6. The van der Waals surface area contributed by atoms with Crippen LogP contribution in [0.3, 0.4) is 0 Å². The zero-order chi connectivity index (χ0) is 10.6. The Morgan fingerprint density at radius 3 is 2.79 bits per heavy atom. The Labute approximate surface area is 92.5 Å². The minimum absolute atomic E-state index is 0.0308. The van der Waals surface area contributed by atoms with Crippen LogP contribution in [0.15, 0.2) is 12.1 Å². The molecule has 1 aromatic carbocycles. The maximum atomic E-state index is 9.54. The highest BCUT2D eigenvalue weighted by Crippen LogP contribution is 2.30. The van der Waals surface area contributed by atoms with Gasteiger partial charge in [-0.05, 0) is 19.1 Å². The monoisotopic (exact) mass is 235 g/mol. The number of hydrogen-bond acceptors (Lipinski definition) is 3. The summed E-state index contributed by atoms with van der Waals surface area (Å²) in [5, 5.41) is 10.3. The van der Waals surface area contributed by atoms with Crippen LogP contribution in [0, 0.1) is 0 Å². The van der Waals surface area contributed by atoms with Crippen molar-refractivity contribution in [1.82, 2.24) is 5.48 Å². The van der Waals surface area contributed by atoms with Crippen LogP contribution >= 0.6 is 23.2 Å². The molecular formula is C9H11Cl2NO2. The number of aromatic hydroxyl groups is 1. The van der Waals surface area contributed by atoms with Crippen molar-refractivity contribution in [2.45, 2.75) is 13.5 Å². The molecule has 0 aliphatic heterocycles. The van der Waals surface area contributed by atoms with Crippen molar-refractivity contribution in [3.8, 4) is 5.75 Å². The van der Waals surface area contributed by atoms with Gasteiger partial charge < -0.3 is 9.94 Å². The molecule has 0 fully saturated rings. The van der Waals surface area contributed by atoms with Gasteiger partial charge in [0.05, 0.1) is 11.6 Å². The van der Waals surface area contributed by atoms with Gasteiger partial charge in [0, 0.05) is 17.1 Å². The van der Waals surface area contributed by atoms with Crippen LogP contribution in [0.4, 0.5) is 0 Å². The van der Waals surface area contributed by atoms with Gasteiger partial charge in [-0.1, -0.05) is 23.2 Å². The number of hydrogen-bond donors (Lipinski definition) is 2. The number of hydroxylamine groups is 1. The number of halogens is 2. The molecule has 0 aliphatic carbocycles. The van der Waals surface area contributed by atoms with E-state index in [1.807, 2.05) is 6.92 Å². The normalized spacial score (nSPS) is 10.5. The lowest BCUT2D eigenvalue weighted by Gasteiger charge is -2.07. The Kier molecular flexibility index (Phi) is 4.48. The van der Waals surface area contributed by atoms with E-state index in [2.05, 4.69) is 5.48 Å². The van der Waals surface area contributed by atoms with Crippen molar-refractivity contribution in [1.29, 1.82) is 0 Å². The summed E-state index contributed by atoms with van der Waals surface area (Å²) in [5.41, 5.74) is 3.28. The van der Waals surface area contributed by atoms with Crippen molar-refractivity contribution in [3.63, 3.8) is 0 Å². The highest BCUT2D eigenvalue weighted by molar-refractivity contribution is 6.35. The highest BCUT2D eigenvalue weighted by Gasteiger charge is 2.07. The van der Waals surface area contributed by atoms with Gasteiger partial charge in [0.25, 0.3) is 0 Å². The van der Waals surface area contributed by atoms with Gasteiger partial charge >= 0.3 is 0 Å². The number of phenolic OH excluding ortho intramolecular Hbond substituents is 1. The van der Waals surface area contributed by atoms with Crippen molar-refractivity contribution < 1.29 is 9.94 Å². The molecule has 3 nitrogen and oxygen atoms in total. The van der Waals surface area contributed by atoms with E-state index in [9.17, 15) is 5.11 Å². The molecule has 0 aromatic heterocycles. The van der Waals surface area contributed by atoms with Crippen LogP contribution in [-0.2, 0) is 11.4 Å². The fraction of sp³-hybridized carbons (Fsp3) is 0.333. The Hall–Kier alpha value is -0.480. The fourth-order valence-electron chi connectivity index (χ4n) is 0.985. The van der Waals surface area contributed by atoms with E-state index in [1.54, 1.807) is 6.07 Å². The van der Waals surface area contributed by atoms with Crippen molar-refractivity contribution in [3.05, 3.63) is 27.7 Å². The zero-order valence-corrected chi connectivity index (χ0v) is 9.19. The molecule has 0 radical (unpaired) electrons. The Bertz CT molecular complexity index is 318. The van der Waals surface area contributed by atoms with Gasteiger partial charge in [-0.2, -0.15) is 5.48 Å². The van der Waals surface area contributed by atoms with Gasteiger partial charge in [-0.25, -0.2) is 0 Å². The topological polar surface area (TPSA) is 41.5 Å². The predicted molar refractivity (Wildman–Crippen MR) is 56.6 cm³/mol. The fourth-order valence-corrected chi connectivity index (χ4v) is 1.52. The van der Waals surface area contributed by atoms with Crippen LogP contribution in [0.5, 0.6) is 5.75 Å². The standard InChI is InChI=1S/C9H11Cl2NO2/c1-2-14-12-5-6-3-7(10)4-8(11)9(6)13/h3-4,12-13H,2,5H2,1H3. The summed E-state index contributed by atoms with van der Waals surface area (Å²) in [4.78, 5) is 4.92. The smallest absolute Gasteiger partial charge is 0.138 e. The molecule has 0 unspecified atom stereocenters. The average molecular weight is 236 g/mol. The molecule has 5 heteroatoms. The van der Waals surface area contributed by atoms with E-state index in [1.165, 1.54) is 6.07 Å². The Morgan fingerprint density at radius 1 is 1.43 bits per heavy atom. The summed E-state index contributed by atoms with van der Waals surface area (Å²) in [6.45, 7) is 2.77. The second kappa shape index (κ2) is 5.41. The van der Waals surface area contributed by atoms with E-state index in [0.717, 1.165) is 0 Å². The third-order valence-electron chi connectivity index (χ3n) is 1.62. The van der Waals surface area contributed by atoms with Crippen LogP contribution in [0.1, 0.15) is 12.5 Å². The summed E-state index contributed by atoms with van der Waals surface area (Å²) in [6.07, 6.45) is 0. The lowest BCUT2D eigenvalue weighted by Crippen LogP contribution is -2.13. The second-order valence-corrected chi connectivity index (χ2v) is 3.49. The highest BCUT2D eigenvalue weighted by atomic mass is 35.5. The van der Waals surface area contributed by atoms with Crippen LogP contribution < -0.4 is 5.48 Å². The van der Waals surface area contributed by atoms with Crippen LogP contribution in [0.2, 0.25) is 10.0 Å². The molecule has 0 heterocycles. The van der Waals surface area contributed by atoms with Gasteiger partial charge in [0.2, 0.25) is 0 Å². The van der Waals surface area contributed by atoms with Crippen LogP contribution in [-0.4, -0.2) is 11.7 Å². The summed E-state index contributed by atoms with van der Waals surface area (Å²) < 4.78 is 0. The maximum Gasteiger partial charge on any atom is 0.138 e. The first-order chi connectivity index (χ1) is 6.65. The lowest BCUT2D eigenvalue weighted by atomic mass is 10.2. The minimum Gasteiger partial charge on any atom is -0.506 e. The Balaban J connectivity index is 2.75. The summed E-state index contributed by atoms with van der Waals surface area (Å²) >= 11 is 11.5. The third-order valence-corrected chi connectivity index (χ3v) is 2.12. The van der Waals surface area contributed by atoms with Gasteiger partial charge in [0.1, 0.15) is 5.75 Å². The number of nitrogens with one attached hydrogen (secondary N) is 1. The molecule has 1 aromatic rings. The van der Waals surface area contributed by atoms with Gasteiger partial charge in [-0.3, -0.25) is 0 Å². The molecule has 14 heavy (non-hydrogen) atoms. The van der Waals surface area contributed by atoms with E-state index in [-0.39, 0.29) is 10.8 Å². The zero-order valence-electron chi connectivity index (χ0n) is 7.68. The molecule has 0 saturated heterocycles. The van der Waals surface area contributed by atoms with Crippen molar-refractivity contribution >= 4 is 23.2 Å². The van der Waals surface area contributed by atoms with Gasteiger partial charge in [0.15, 0.2) is 0 Å². The average Bonchev–Trinajstić information content (AvgIpc) is 2.13. The first-order valence-electron chi connectivity index (χ1n) is 4.16. The summed E-state index contributed by atoms with van der Waals surface area (Å²) in [6, 6.07) is 3.12. The lowest BCUT2D eigenvalue weighted by molar-refractivity contribution is 0.0459.